The molecule has 0 amide bonds. The Balaban J connectivity index is 2.19. The van der Waals surface area contributed by atoms with Crippen molar-refractivity contribution in [2.45, 2.75) is 33.7 Å². The van der Waals surface area contributed by atoms with Crippen LogP contribution in [0.1, 0.15) is 30.0 Å². The third kappa shape index (κ3) is 3.62. The van der Waals surface area contributed by atoms with E-state index in [9.17, 15) is 0 Å². The van der Waals surface area contributed by atoms with Crippen molar-refractivity contribution in [1.82, 2.24) is 5.32 Å². The van der Waals surface area contributed by atoms with E-state index in [1.807, 2.05) is 6.07 Å². The Morgan fingerprint density at radius 1 is 1.00 bits per heavy atom. The third-order valence-electron chi connectivity index (χ3n) is 3.60. The molecule has 0 heterocycles. The van der Waals surface area contributed by atoms with Crippen molar-refractivity contribution >= 4 is 11.6 Å². The van der Waals surface area contributed by atoms with Gasteiger partial charge in [0.25, 0.3) is 0 Å². The molecule has 1 nitrogen and oxygen atoms in total. The number of hydrogen-bond acceptors (Lipinski definition) is 1. The molecule has 0 atom stereocenters. The van der Waals surface area contributed by atoms with Crippen molar-refractivity contribution in [3.05, 3.63) is 58.1 Å². The summed E-state index contributed by atoms with van der Waals surface area (Å²) in [4.78, 5) is 0. The third-order valence-corrected chi connectivity index (χ3v) is 3.92. The first-order valence-electron chi connectivity index (χ1n) is 7.18. The summed E-state index contributed by atoms with van der Waals surface area (Å²) in [6.07, 6.45) is 1.16. The second kappa shape index (κ2) is 6.92. The molecule has 0 spiro atoms. The highest BCUT2D eigenvalue weighted by molar-refractivity contribution is 6.33. The van der Waals surface area contributed by atoms with Gasteiger partial charge in [0.05, 0.1) is 0 Å². The van der Waals surface area contributed by atoms with E-state index in [0.29, 0.717) is 0 Å². The van der Waals surface area contributed by atoms with Gasteiger partial charge in [0.2, 0.25) is 0 Å². The predicted octanol–water partition coefficient (Wildman–Crippen LogP) is 5.12. The van der Waals surface area contributed by atoms with Crippen molar-refractivity contribution < 1.29 is 0 Å². The van der Waals surface area contributed by atoms with Crippen molar-refractivity contribution in [2.24, 2.45) is 0 Å². The monoisotopic (exact) mass is 287 g/mol. The fourth-order valence-corrected chi connectivity index (χ4v) is 2.54. The minimum atomic E-state index is 0.824. The van der Waals surface area contributed by atoms with Crippen molar-refractivity contribution in [3.63, 3.8) is 0 Å². The molecule has 0 saturated heterocycles. The van der Waals surface area contributed by atoms with Crippen molar-refractivity contribution in [3.8, 4) is 11.1 Å². The molecule has 0 unspecified atom stereocenters. The van der Waals surface area contributed by atoms with E-state index in [1.165, 1.54) is 22.3 Å². The Morgan fingerprint density at radius 3 is 2.30 bits per heavy atom. The molecule has 2 rings (SSSR count). The fraction of sp³-hybridized carbons (Fsp3) is 0.333. The van der Waals surface area contributed by atoms with E-state index in [1.54, 1.807) is 0 Å². The smallest absolute Gasteiger partial charge is 0.0487 e. The van der Waals surface area contributed by atoms with Crippen LogP contribution in [0.2, 0.25) is 5.02 Å². The number of hydrogen-bond donors (Lipinski definition) is 1. The standard InChI is InChI=1S/C18H22ClN/c1-4-9-20-12-15-5-7-16(8-6-15)17-10-13(2)14(3)11-18(17)19/h5-8,10-11,20H,4,9,12H2,1-3H3. The van der Waals surface area contributed by atoms with Crippen LogP contribution in [0.4, 0.5) is 0 Å². The van der Waals surface area contributed by atoms with E-state index < -0.39 is 0 Å². The molecule has 2 aromatic carbocycles. The Kier molecular flexibility index (Phi) is 5.22. The lowest BCUT2D eigenvalue weighted by Crippen LogP contribution is -2.13. The van der Waals surface area contributed by atoms with Gasteiger partial charge in [0.1, 0.15) is 0 Å². The van der Waals surface area contributed by atoms with Crippen LogP contribution in [-0.2, 0) is 6.54 Å². The molecule has 0 aliphatic carbocycles. The molecule has 2 heteroatoms. The normalized spacial score (nSPS) is 10.8. The van der Waals surface area contributed by atoms with E-state index >= 15 is 0 Å². The maximum Gasteiger partial charge on any atom is 0.0487 e. The van der Waals surface area contributed by atoms with Crippen LogP contribution < -0.4 is 5.32 Å². The van der Waals surface area contributed by atoms with Gasteiger partial charge < -0.3 is 5.32 Å². The molecule has 0 bridgehead atoms. The van der Waals surface area contributed by atoms with Gasteiger partial charge in [-0.3, -0.25) is 0 Å². The van der Waals surface area contributed by atoms with Crippen LogP contribution in [0.3, 0.4) is 0 Å². The molecule has 0 fully saturated rings. The summed E-state index contributed by atoms with van der Waals surface area (Å²) < 4.78 is 0. The van der Waals surface area contributed by atoms with E-state index in [-0.39, 0.29) is 0 Å². The van der Waals surface area contributed by atoms with Crippen LogP contribution in [-0.4, -0.2) is 6.54 Å². The fourth-order valence-electron chi connectivity index (χ4n) is 2.21. The summed E-state index contributed by atoms with van der Waals surface area (Å²) in [7, 11) is 0. The van der Waals surface area contributed by atoms with Crippen LogP contribution in [0, 0.1) is 13.8 Å². The van der Waals surface area contributed by atoms with Gasteiger partial charge in [-0.05, 0) is 61.2 Å². The SMILES string of the molecule is CCCNCc1ccc(-c2cc(C)c(C)cc2Cl)cc1. The molecule has 0 aromatic heterocycles. The summed E-state index contributed by atoms with van der Waals surface area (Å²) in [6.45, 7) is 8.38. The maximum absolute atomic E-state index is 6.37. The molecule has 106 valence electrons. The van der Waals surface area contributed by atoms with Gasteiger partial charge in [-0.15, -0.1) is 0 Å². The number of rotatable bonds is 5. The lowest BCUT2D eigenvalue weighted by Gasteiger charge is -2.10. The Bertz CT molecular complexity index is 573. The van der Waals surface area contributed by atoms with Gasteiger partial charge in [-0.25, -0.2) is 0 Å². The lowest BCUT2D eigenvalue weighted by molar-refractivity contribution is 0.675. The Morgan fingerprint density at radius 2 is 1.65 bits per heavy atom. The molecule has 0 saturated carbocycles. The van der Waals surface area contributed by atoms with Gasteiger partial charge in [0, 0.05) is 17.1 Å². The summed E-state index contributed by atoms with van der Waals surface area (Å²) in [5.74, 6) is 0. The van der Waals surface area contributed by atoms with Gasteiger partial charge >= 0.3 is 0 Å². The summed E-state index contributed by atoms with van der Waals surface area (Å²) in [5.41, 5.74) is 6.11. The zero-order valence-corrected chi connectivity index (χ0v) is 13.2. The van der Waals surface area contributed by atoms with Gasteiger partial charge in [0.15, 0.2) is 0 Å². The molecule has 2 aromatic rings. The van der Waals surface area contributed by atoms with Crippen LogP contribution in [0.25, 0.3) is 11.1 Å². The molecular weight excluding hydrogens is 266 g/mol. The minimum Gasteiger partial charge on any atom is -0.313 e. The largest absolute Gasteiger partial charge is 0.313 e. The van der Waals surface area contributed by atoms with E-state index in [4.69, 9.17) is 11.6 Å². The van der Waals surface area contributed by atoms with E-state index in [2.05, 4.69) is 56.4 Å². The zero-order valence-electron chi connectivity index (χ0n) is 12.5. The number of aryl methyl sites for hydroxylation is 2. The summed E-state index contributed by atoms with van der Waals surface area (Å²) >= 11 is 6.37. The quantitative estimate of drug-likeness (QED) is 0.752. The van der Waals surface area contributed by atoms with E-state index in [0.717, 1.165) is 30.1 Å². The highest BCUT2D eigenvalue weighted by atomic mass is 35.5. The zero-order chi connectivity index (χ0) is 14.5. The van der Waals surface area contributed by atoms with Gasteiger partial charge in [-0.2, -0.15) is 0 Å². The summed E-state index contributed by atoms with van der Waals surface area (Å²) in [6, 6.07) is 12.9. The maximum atomic E-state index is 6.37. The molecule has 20 heavy (non-hydrogen) atoms. The average molecular weight is 288 g/mol. The highest BCUT2D eigenvalue weighted by Gasteiger charge is 2.06. The number of halogens is 1. The Hall–Kier alpha value is -1.31. The number of benzene rings is 2. The Labute approximate surface area is 127 Å². The van der Waals surface area contributed by atoms with Crippen LogP contribution in [0.15, 0.2) is 36.4 Å². The summed E-state index contributed by atoms with van der Waals surface area (Å²) in [5, 5.41) is 4.24. The van der Waals surface area contributed by atoms with Crippen molar-refractivity contribution in [1.29, 1.82) is 0 Å². The predicted molar refractivity (Wildman–Crippen MR) is 88.4 cm³/mol. The first-order chi connectivity index (χ1) is 9.61. The first-order valence-corrected chi connectivity index (χ1v) is 7.56. The topological polar surface area (TPSA) is 12.0 Å². The van der Waals surface area contributed by atoms with Crippen LogP contribution >= 0.6 is 11.6 Å². The van der Waals surface area contributed by atoms with Crippen LogP contribution in [0.5, 0.6) is 0 Å². The molecular formula is C18H22ClN. The second-order valence-electron chi connectivity index (χ2n) is 5.29. The first kappa shape index (κ1) is 15.1. The molecule has 0 radical (unpaired) electrons. The average Bonchev–Trinajstić information content (AvgIpc) is 2.44. The minimum absolute atomic E-state index is 0.824. The molecule has 1 N–H and O–H groups in total. The van der Waals surface area contributed by atoms with Crippen molar-refractivity contribution in [2.75, 3.05) is 6.54 Å². The highest BCUT2D eigenvalue weighted by Crippen LogP contribution is 2.30. The number of nitrogens with one attached hydrogen (secondary N) is 1. The molecule has 0 aliphatic rings. The molecule has 0 aliphatic heterocycles. The lowest BCUT2D eigenvalue weighted by atomic mass is 9.99. The van der Waals surface area contributed by atoms with Gasteiger partial charge in [-0.1, -0.05) is 42.8 Å². The second-order valence-corrected chi connectivity index (χ2v) is 5.70.